The fraction of sp³-hybridized carbons (Fsp3) is 0.529. The molecule has 1 N–H and O–H groups in total. The summed E-state index contributed by atoms with van der Waals surface area (Å²) in [4.78, 5) is 0. The summed E-state index contributed by atoms with van der Waals surface area (Å²) in [5.41, 5.74) is 0.900. The molecule has 1 fully saturated rings. The molecule has 0 unspecified atom stereocenters. The molecule has 2 aromatic rings. The third kappa shape index (κ3) is 3.94. The number of nitrogens with zero attached hydrogens (tertiary/aromatic N) is 1. The van der Waals surface area contributed by atoms with Crippen molar-refractivity contribution >= 4 is 21.0 Å². The topological polar surface area (TPSA) is 62.6 Å². The highest BCUT2D eigenvalue weighted by Gasteiger charge is 2.26. The van der Waals surface area contributed by atoms with Crippen molar-refractivity contribution in [1.29, 1.82) is 0 Å². The predicted molar refractivity (Wildman–Crippen MR) is 91.8 cm³/mol. The smallest absolute Gasteiger partial charge is 0.211 e. The van der Waals surface area contributed by atoms with Gasteiger partial charge in [-0.05, 0) is 44.4 Å². The van der Waals surface area contributed by atoms with Crippen LogP contribution < -0.4 is 5.32 Å². The average molecular weight is 336 g/mol. The number of nitrogens with one attached hydrogen (secondary N) is 1. The van der Waals surface area contributed by atoms with Crippen LogP contribution >= 0.6 is 0 Å². The number of para-hydroxylation sites is 1. The lowest BCUT2D eigenvalue weighted by atomic mass is 9.99. The van der Waals surface area contributed by atoms with Crippen molar-refractivity contribution in [3.63, 3.8) is 0 Å². The molecule has 1 aliphatic rings. The minimum absolute atomic E-state index is 0.107. The molecule has 0 amide bonds. The molecular formula is C17H24N2O3S. The summed E-state index contributed by atoms with van der Waals surface area (Å²) < 4.78 is 30.8. The maximum absolute atomic E-state index is 11.7. The van der Waals surface area contributed by atoms with Crippen LogP contribution in [0.25, 0.3) is 11.0 Å². The van der Waals surface area contributed by atoms with Crippen molar-refractivity contribution < 1.29 is 12.8 Å². The van der Waals surface area contributed by atoms with Gasteiger partial charge in [-0.3, -0.25) is 0 Å². The number of sulfonamides is 1. The van der Waals surface area contributed by atoms with Gasteiger partial charge in [0.1, 0.15) is 11.3 Å². The van der Waals surface area contributed by atoms with Gasteiger partial charge >= 0.3 is 0 Å². The van der Waals surface area contributed by atoms with Crippen molar-refractivity contribution in [3.05, 3.63) is 36.1 Å². The number of hydrogen-bond donors (Lipinski definition) is 1. The Kier molecular flexibility index (Phi) is 4.75. The second kappa shape index (κ2) is 6.63. The second-order valence-corrected chi connectivity index (χ2v) is 8.43. The largest absolute Gasteiger partial charge is 0.459 e. The first-order valence-corrected chi connectivity index (χ1v) is 9.95. The van der Waals surface area contributed by atoms with Crippen molar-refractivity contribution in [2.75, 3.05) is 25.9 Å². The molecule has 0 spiro atoms. The summed E-state index contributed by atoms with van der Waals surface area (Å²) >= 11 is 0. The average Bonchev–Trinajstić information content (AvgIpc) is 2.96. The van der Waals surface area contributed by atoms with E-state index < -0.39 is 10.0 Å². The number of hydrogen-bond acceptors (Lipinski definition) is 4. The molecule has 23 heavy (non-hydrogen) atoms. The van der Waals surface area contributed by atoms with Gasteiger partial charge in [0, 0.05) is 18.5 Å². The van der Waals surface area contributed by atoms with E-state index in [2.05, 4.69) is 18.3 Å². The lowest BCUT2D eigenvalue weighted by molar-refractivity contribution is 0.254. The van der Waals surface area contributed by atoms with E-state index in [1.165, 1.54) is 6.26 Å². The van der Waals surface area contributed by atoms with Gasteiger partial charge in [0.05, 0.1) is 12.3 Å². The highest BCUT2D eigenvalue weighted by atomic mass is 32.2. The van der Waals surface area contributed by atoms with Crippen molar-refractivity contribution in [2.45, 2.75) is 25.8 Å². The molecule has 2 atom stereocenters. The van der Waals surface area contributed by atoms with Crippen LogP contribution in [0.3, 0.4) is 0 Å². The first kappa shape index (κ1) is 16.5. The first-order chi connectivity index (χ1) is 10.9. The Balaban J connectivity index is 1.59. The first-order valence-electron chi connectivity index (χ1n) is 8.10. The van der Waals surface area contributed by atoms with Gasteiger partial charge in [-0.2, -0.15) is 0 Å². The van der Waals surface area contributed by atoms with Crippen LogP contribution in [-0.2, 0) is 10.0 Å². The summed E-state index contributed by atoms with van der Waals surface area (Å²) in [5.74, 6) is 1.27. The quantitative estimate of drug-likeness (QED) is 0.912. The van der Waals surface area contributed by atoms with E-state index in [0.29, 0.717) is 19.0 Å². The fourth-order valence-electron chi connectivity index (χ4n) is 3.15. The highest BCUT2D eigenvalue weighted by Crippen LogP contribution is 2.24. The Morgan fingerprint density at radius 1 is 1.39 bits per heavy atom. The number of piperidine rings is 1. The van der Waals surface area contributed by atoms with Gasteiger partial charge in [-0.25, -0.2) is 12.7 Å². The molecule has 2 heterocycles. The van der Waals surface area contributed by atoms with Crippen molar-refractivity contribution in [1.82, 2.24) is 9.62 Å². The Bertz CT molecular complexity index is 736. The molecule has 0 radical (unpaired) electrons. The number of rotatable bonds is 5. The van der Waals surface area contributed by atoms with Gasteiger partial charge < -0.3 is 9.73 Å². The van der Waals surface area contributed by atoms with Crippen LogP contribution in [0.4, 0.5) is 0 Å². The summed E-state index contributed by atoms with van der Waals surface area (Å²) in [7, 11) is -3.08. The van der Waals surface area contributed by atoms with Gasteiger partial charge in [-0.1, -0.05) is 18.2 Å². The Hall–Kier alpha value is -1.37. The second-order valence-electron chi connectivity index (χ2n) is 6.45. The van der Waals surface area contributed by atoms with Crippen LogP contribution in [0.5, 0.6) is 0 Å². The molecule has 3 rings (SSSR count). The SMILES string of the molecule is C[C@@H](NC[C@@H]1CCCN(S(C)(=O)=O)C1)c1cc2ccccc2o1. The molecule has 0 bridgehead atoms. The fourth-order valence-corrected chi connectivity index (χ4v) is 4.10. The Morgan fingerprint density at radius 3 is 2.91 bits per heavy atom. The number of fused-ring (bicyclic) bond motifs is 1. The maximum Gasteiger partial charge on any atom is 0.211 e. The summed E-state index contributed by atoms with van der Waals surface area (Å²) in [6, 6.07) is 10.2. The molecule has 1 aromatic carbocycles. The standard InChI is InChI=1S/C17H24N2O3S/c1-13(17-10-15-7-3-4-8-16(15)22-17)18-11-14-6-5-9-19(12-14)23(2,20)21/h3-4,7-8,10,13-14,18H,5-6,9,11-12H2,1-2H3/t13-,14+/m1/s1. The minimum Gasteiger partial charge on any atom is -0.459 e. The van der Waals surface area contributed by atoms with Gasteiger partial charge in [0.2, 0.25) is 10.0 Å². The molecule has 5 nitrogen and oxygen atoms in total. The lowest BCUT2D eigenvalue weighted by Gasteiger charge is -2.31. The summed E-state index contributed by atoms with van der Waals surface area (Å²) in [6.07, 6.45) is 3.28. The molecule has 0 aliphatic carbocycles. The zero-order valence-electron chi connectivity index (χ0n) is 13.7. The number of benzene rings is 1. The van der Waals surface area contributed by atoms with Crippen LogP contribution in [0, 0.1) is 5.92 Å². The van der Waals surface area contributed by atoms with E-state index in [1.807, 2.05) is 24.3 Å². The van der Waals surface area contributed by atoms with Gasteiger partial charge in [0.15, 0.2) is 0 Å². The van der Waals surface area contributed by atoms with Gasteiger partial charge in [0.25, 0.3) is 0 Å². The molecule has 0 saturated carbocycles. The molecule has 1 aliphatic heterocycles. The zero-order valence-corrected chi connectivity index (χ0v) is 14.5. The lowest BCUT2D eigenvalue weighted by Crippen LogP contribution is -2.42. The monoisotopic (exact) mass is 336 g/mol. The maximum atomic E-state index is 11.7. The van der Waals surface area contributed by atoms with Crippen LogP contribution in [-0.4, -0.2) is 38.6 Å². The Morgan fingerprint density at radius 2 is 2.17 bits per heavy atom. The number of furan rings is 1. The van der Waals surface area contributed by atoms with Crippen molar-refractivity contribution in [3.8, 4) is 0 Å². The normalized spacial score (nSPS) is 21.6. The van der Waals surface area contributed by atoms with E-state index >= 15 is 0 Å². The molecule has 1 saturated heterocycles. The minimum atomic E-state index is -3.08. The van der Waals surface area contributed by atoms with E-state index in [-0.39, 0.29) is 6.04 Å². The molecule has 126 valence electrons. The molecule has 1 aromatic heterocycles. The summed E-state index contributed by atoms with van der Waals surface area (Å²) in [6.45, 7) is 4.13. The third-order valence-electron chi connectivity index (χ3n) is 4.53. The highest BCUT2D eigenvalue weighted by molar-refractivity contribution is 7.88. The van der Waals surface area contributed by atoms with E-state index in [0.717, 1.165) is 36.1 Å². The van der Waals surface area contributed by atoms with E-state index in [1.54, 1.807) is 4.31 Å². The third-order valence-corrected chi connectivity index (χ3v) is 5.80. The zero-order chi connectivity index (χ0) is 16.4. The van der Waals surface area contributed by atoms with Crippen molar-refractivity contribution in [2.24, 2.45) is 5.92 Å². The molecular weight excluding hydrogens is 312 g/mol. The van der Waals surface area contributed by atoms with Crippen LogP contribution in [0.15, 0.2) is 34.7 Å². The van der Waals surface area contributed by atoms with Crippen LogP contribution in [0.1, 0.15) is 31.6 Å². The Labute approximate surface area is 137 Å². The summed E-state index contributed by atoms with van der Waals surface area (Å²) in [5, 5.41) is 4.59. The van der Waals surface area contributed by atoms with E-state index in [9.17, 15) is 8.42 Å². The predicted octanol–water partition coefficient (Wildman–Crippen LogP) is 2.76. The van der Waals surface area contributed by atoms with Gasteiger partial charge in [-0.15, -0.1) is 0 Å². The van der Waals surface area contributed by atoms with E-state index in [4.69, 9.17) is 4.42 Å². The van der Waals surface area contributed by atoms with Crippen LogP contribution in [0.2, 0.25) is 0 Å². The molecule has 6 heteroatoms.